The van der Waals surface area contributed by atoms with E-state index in [1.807, 2.05) is 30.5 Å². The molecule has 2 heterocycles. The average molecular weight is 482 g/mol. The maximum atomic E-state index is 13.7. The fourth-order valence-electron chi connectivity index (χ4n) is 3.53. The van der Waals surface area contributed by atoms with Gasteiger partial charge in [-0.25, -0.2) is 9.37 Å². The number of hydrogen-bond acceptors (Lipinski definition) is 6. The largest absolute Gasteiger partial charge is 0.379 e. The van der Waals surface area contributed by atoms with Crippen molar-refractivity contribution in [1.82, 2.24) is 9.88 Å². The summed E-state index contributed by atoms with van der Waals surface area (Å²) in [5.74, 6) is -0.364. The number of thiazole rings is 1. The van der Waals surface area contributed by atoms with Crippen LogP contribution >= 0.6 is 35.5 Å². The van der Waals surface area contributed by atoms with Crippen molar-refractivity contribution in [2.45, 2.75) is 11.3 Å². The van der Waals surface area contributed by atoms with Gasteiger partial charge in [-0.3, -0.25) is 14.6 Å². The maximum absolute atomic E-state index is 13.7. The first-order valence-corrected chi connectivity index (χ1v) is 12.0. The fraction of sp³-hybridized carbons (Fsp3) is 0.364. The molecule has 31 heavy (non-hydrogen) atoms. The molecular weight excluding hydrogens is 457 g/mol. The number of benzene rings is 2. The first-order chi connectivity index (χ1) is 14.7. The van der Waals surface area contributed by atoms with Crippen molar-refractivity contribution in [1.29, 1.82) is 0 Å². The second-order valence-corrected chi connectivity index (χ2v) is 8.93. The number of fused-ring (bicyclic) bond motifs is 1. The zero-order chi connectivity index (χ0) is 20.9. The summed E-state index contributed by atoms with van der Waals surface area (Å²) < 4.78 is 19.8. The van der Waals surface area contributed by atoms with Crippen LogP contribution in [-0.2, 0) is 4.74 Å². The van der Waals surface area contributed by atoms with Gasteiger partial charge in [0, 0.05) is 31.1 Å². The molecule has 1 amide bonds. The number of halogens is 2. The van der Waals surface area contributed by atoms with Crippen molar-refractivity contribution in [3.05, 3.63) is 53.8 Å². The van der Waals surface area contributed by atoms with Crippen molar-refractivity contribution >= 4 is 56.8 Å². The van der Waals surface area contributed by atoms with E-state index in [9.17, 15) is 9.18 Å². The van der Waals surface area contributed by atoms with Crippen LogP contribution < -0.4 is 4.90 Å². The number of aromatic nitrogens is 1. The minimum absolute atomic E-state index is 0. The lowest BCUT2D eigenvalue weighted by Crippen LogP contribution is -2.39. The van der Waals surface area contributed by atoms with Crippen LogP contribution in [-0.4, -0.2) is 61.4 Å². The Morgan fingerprint density at radius 1 is 1.26 bits per heavy atom. The number of thioether (sulfide) groups is 1. The first kappa shape index (κ1) is 23.9. The molecule has 0 unspecified atom stereocenters. The predicted octanol–water partition coefficient (Wildman–Crippen LogP) is 4.95. The summed E-state index contributed by atoms with van der Waals surface area (Å²) in [7, 11) is 0. The zero-order valence-electron chi connectivity index (χ0n) is 17.3. The molecule has 0 aliphatic carbocycles. The maximum Gasteiger partial charge on any atom is 0.261 e. The normalized spacial score (nSPS) is 14.4. The number of carbonyl (C=O) groups excluding carboxylic acids is 1. The molecule has 0 bridgehead atoms. The number of hydrogen-bond donors (Lipinski definition) is 0. The molecule has 1 saturated heterocycles. The van der Waals surface area contributed by atoms with Crippen molar-refractivity contribution in [2.75, 3.05) is 50.5 Å². The number of ether oxygens (including phenoxy) is 1. The van der Waals surface area contributed by atoms with Gasteiger partial charge in [0.1, 0.15) is 5.82 Å². The molecule has 1 aliphatic rings. The molecule has 9 heteroatoms. The van der Waals surface area contributed by atoms with Gasteiger partial charge in [0.15, 0.2) is 5.13 Å². The van der Waals surface area contributed by atoms with Gasteiger partial charge < -0.3 is 4.74 Å². The number of rotatable bonds is 7. The molecule has 4 rings (SSSR count). The molecule has 1 fully saturated rings. The number of carbonyl (C=O) groups is 1. The second-order valence-electron chi connectivity index (χ2n) is 7.07. The minimum Gasteiger partial charge on any atom is -0.379 e. The summed E-state index contributed by atoms with van der Waals surface area (Å²) in [4.78, 5) is 23.2. The molecule has 0 radical (unpaired) electrons. The topological polar surface area (TPSA) is 45.7 Å². The summed E-state index contributed by atoms with van der Waals surface area (Å²) in [6, 6.07) is 12.2. The van der Waals surface area contributed by atoms with E-state index in [0.717, 1.165) is 48.9 Å². The Balaban J connectivity index is 0.00000272. The van der Waals surface area contributed by atoms with E-state index in [4.69, 9.17) is 4.74 Å². The lowest BCUT2D eigenvalue weighted by atomic mass is 10.2. The SMILES string of the molecule is CSc1ccccc1C(=O)N(CCCN1CCOCC1)c1nc2ccc(F)cc2s1.Cl. The molecule has 166 valence electrons. The second kappa shape index (κ2) is 11.2. The molecule has 3 aromatic rings. The van der Waals surface area contributed by atoms with E-state index in [1.54, 1.807) is 22.7 Å². The molecule has 2 aromatic carbocycles. The van der Waals surface area contributed by atoms with Gasteiger partial charge in [0.2, 0.25) is 0 Å². The summed E-state index contributed by atoms with van der Waals surface area (Å²) in [5, 5.41) is 0.610. The molecular formula is C22H25ClFN3O2S2. The highest BCUT2D eigenvalue weighted by Gasteiger charge is 2.23. The third-order valence-corrected chi connectivity index (χ3v) is 6.95. The monoisotopic (exact) mass is 481 g/mol. The van der Waals surface area contributed by atoms with E-state index in [-0.39, 0.29) is 24.1 Å². The molecule has 0 saturated carbocycles. The van der Waals surface area contributed by atoms with Crippen molar-refractivity contribution < 1.29 is 13.9 Å². The van der Waals surface area contributed by atoms with Crippen LogP contribution in [0, 0.1) is 5.82 Å². The van der Waals surface area contributed by atoms with Crippen LogP contribution in [0.5, 0.6) is 0 Å². The Labute approximate surface area is 196 Å². The van der Waals surface area contributed by atoms with Crippen molar-refractivity contribution in [2.24, 2.45) is 0 Å². The van der Waals surface area contributed by atoms with E-state index < -0.39 is 0 Å². The number of anilines is 1. The highest BCUT2D eigenvalue weighted by Crippen LogP contribution is 2.31. The summed E-state index contributed by atoms with van der Waals surface area (Å²) in [6.45, 7) is 4.81. The average Bonchev–Trinajstić information content (AvgIpc) is 3.19. The van der Waals surface area contributed by atoms with Crippen LogP contribution in [0.4, 0.5) is 9.52 Å². The Bertz CT molecular complexity index is 1030. The van der Waals surface area contributed by atoms with Gasteiger partial charge in [-0.1, -0.05) is 23.5 Å². The minimum atomic E-state index is -0.296. The van der Waals surface area contributed by atoms with Crippen molar-refractivity contribution in [3.63, 3.8) is 0 Å². The Morgan fingerprint density at radius 3 is 2.81 bits per heavy atom. The van der Waals surface area contributed by atoms with Gasteiger partial charge in [0.05, 0.1) is 29.0 Å². The summed E-state index contributed by atoms with van der Waals surface area (Å²) >= 11 is 2.91. The predicted molar refractivity (Wildman–Crippen MR) is 129 cm³/mol. The van der Waals surface area contributed by atoms with Gasteiger partial charge in [-0.05, 0) is 43.0 Å². The van der Waals surface area contributed by atoms with E-state index >= 15 is 0 Å². The Kier molecular flexibility index (Phi) is 8.68. The first-order valence-electron chi connectivity index (χ1n) is 9.97. The van der Waals surface area contributed by atoms with Gasteiger partial charge >= 0.3 is 0 Å². The van der Waals surface area contributed by atoms with E-state index in [2.05, 4.69) is 9.88 Å². The van der Waals surface area contributed by atoms with Crippen molar-refractivity contribution in [3.8, 4) is 0 Å². The van der Waals surface area contributed by atoms with Gasteiger partial charge in [-0.15, -0.1) is 24.2 Å². The molecule has 0 atom stereocenters. The number of amides is 1. The van der Waals surface area contributed by atoms with Crippen LogP contribution in [0.1, 0.15) is 16.8 Å². The molecule has 5 nitrogen and oxygen atoms in total. The third-order valence-electron chi connectivity index (χ3n) is 5.11. The standard InChI is InChI=1S/C22H24FN3O2S2.ClH/c1-29-19-6-3-2-5-17(19)21(27)26(10-4-9-25-11-13-28-14-12-25)22-24-18-8-7-16(23)15-20(18)30-22;/h2-3,5-8,15H,4,9-14H2,1H3;1H. The molecule has 0 N–H and O–H groups in total. The van der Waals surface area contributed by atoms with E-state index in [0.29, 0.717) is 22.8 Å². The molecule has 1 aliphatic heterocycles. The smallest absolute Gasteiger partial charge is 0.261 e. The number of morpholine rings is 1. The lowest BCUT2D eigenvalue weighted by molar-refractivity contribution is 0.0376. The lowest BCUT2D eigenvalue weighted by Gasteiger charge is -2.28. The van der Waals surface area contributed by atoms with Gasteiger partial charge in [-0.2, -0.15) is 0 Å². The third kappa shape index (κ3) is 5.75. The Morgan fingerprint density at radius 2 is 2.03 bits per heavy atom. The van der Waals surface area contributed by atoms with Crippen LogP contribution in [0.25, 0.3) is 10.2 Å². The van der Waals surface area contributed by atoms with E-state index in [1.165, 1.54) is 23.5 Å². The highest BCUT2D eigenvalue weighted by atomic mass is 35.5. The highest BCUT2D eigenvalue weighted by molar-refractivity contribution is 7.98. The zero-order valence-corrected chi connectivity index (χ0v) is 19.7. The molecule has 1 aromatic heterocycles. The van der Waals surface area contributed by atoms with Crippen LogP contribution in [0.3, 0.4) is 0 Å². The fourth-order valence-corrected chi connectivity index (χ4v) is 5.13. The number of nitrogens with zero attached hydrogens (tertiary/aromatic N) is 3. The van der Waals surface area contributed by atoms with Gasteiger partial charge in [0.25, 0.3) is 5.91 Å². The van der Waals surface area contributed by atoms with Crippen LogP contribution in [0.15, 0.2) is 47.4 Å². The quantitative estimate of drug-likeness (QED) is 0.447. The molecule has 0 spiro atoms. The Hall–Kier alpha value is -1.71. The summed E-state index contributed by atoms with van der Waals surface area (Å²) in [6.07, 6.45) is 2.80. The van der Waals surface area contributed by atoms with Crippen LogP contribution in [0.2, 0.25) is 0 Å². The summed E-state index contributed by atoms with van der Waals surface area (Å²) in [5.41, 5.74) is 1.38.